The van der Waals surface area contributed by atoms with Gasteiger partial charge in [0.15, 0.2) is 0 Å². The van der Waals surface area contributed by atoms with Crippen LogP contribution in [0.2, 0.25) is 0 Å². The fourth-order valence-electron chi connectivity index (χ4n) is 3.22. The number of rotatable bonds is 12. The predicted molar refractivity (Wildman–Crippen MR) is 136 cm³/mol. The van der Waals surface area contributed by atoms with Gasteiger partial charge in [-0.05, 0) is 51.0 Å². The Bertz CT molecular complexity index is 1130. The minimum Gasteiger partial charge on any atom is -0.469 e. The zero-order valence-corrected chi connectivity index (χ0v) is 21.3. The van der Waals surface area contributed by atoms with Crippen molar-refractivity contribution in [2.45, 2.75) is 51.6 Å². The first-order chi connectivity index (χ1) is 17.5. The van der Waals surface area contributed by atoms with E-state index in [-0.39, 0.29) is 36.4 Å². The molecule has 0 unspecified atom stereocenters. The normalized spacial score (nSPS) is 12.1. The first-order valence-electron chi connectivity index (χ1n) is 11.7. The maximum absolute atomic E-state index is 12.5. The number of ether oxygens (including phenoxy) is 1. The van der Waals surface area contributed by atoms with Gasteiger partial charge in [-0.3, -0.25) is 24.0 Å². The summed E-state index contributed by atoms with van der Waals surface area (Å²) in [5, 5.41) is 10.5. The van der Waals surface area contributed by atoms with Gasteiger partial charge in [-0.2, -0.15) is 0 Å². The van der Waals surface area contributed by atoms with Crippen LogP contribution in [0.5, 0.6) is 0 Å². The number of imidazole rings is 1. The number of aryl methyl sites for hydroxylation is 1. The van der Waals surface area contributed by atoms with E-state index in [0.29, 0.717) is 24.2 Å². The van der Waals surface area contributed by atoms with E-state index in [4.69, 9.17) is 5.73 Å². The van der Waals surface area contributed by atoms with Gasteiger partial charge in [0.1, 0.15) is 17.9 Å². The van der Waals surface area contributed by atoms with Gasteiger partial charge < -0.3 is 36.3 Å². The van der Waals surface area contributed by atoms with Crippen molar-refractivity contribution in [1.82, 2.24) is 20.2 Å². The minimum absolute atomic E-state index is 0.156. The summed E-state index contributed by atoms with van der Waals surface area (Å²) in [6.07, 6.45) is 2.90. The second-order valence-electron chi connectivity index (χ2n) is 8.42. The SMILES string of the molecule is COC(=O)CCCCC(=O)N[C@@H](C)C(=O)N[C@@H](C)C(=O)Nc1ccc(NC(=O)c2nc(N)cn2C)cc1. The van der Waals surface area contributed by atoms with Gasteiger partial charge in [-0.25, -0.2) is 4.98 Å². The lowest BCUT2D eigenvalue weighted by atomic mass is 10.1. The van der Waals surface area contributed by atoms with E-state index in [1.165, 1.54) is 31.7 Å². The summed E-state index contributed by atoms with van der Waals surface area (Å²) in [5.41, 5.74) is 6.54. The second kappa shape index (κ2) is 13.6. The smallest absolute Gasteiger partial charge is 0.305 e. The minimum atomic E-state index is -0.875. The number of benzene rings is 1. The average Bonchev–Trinajstić information content (AvgIpc) is 3.20. The fourth-order valence-corrected chi connectivity index (χ4v) is 3.22. The molecule has 0 saturated heterocycles. The summed E-state index contributed by atoms with van der Waals surface area (Å²) >= 11 is 0. The fraction of sp³-hybridized carbons (Fsp3) is 0.417. The molecular formula is C24H33N7O6. The van der Waals surface area contributed by atoms with Crippen LogP contribution in [0.25, 0.3) is 0 Å². The van der Waals surface area contributed by atoms with Gasteiger partial charge in [0, 0.05) is 37.5 Å². The molecule has 0 saturated carbocycles. The quantitative estimate of drug-likeness (QED) is 0.204. The van der Waals surface area contributed by atoms with Crippen LogP contribution in [-0.2, 0) is 31.0 Å². The molecule has 2 rings (SSSR count). The molecule has 13 nitrogen and oxygen atoms in total. The molecule has 0 aliphatic rings. The van der Waals surface area contributed by atoms with Gasteiger partial charge >= 0.3 is 5.97 Å². The Morgan fingerprint density at radius 3 is 2.05 bits per heavy atom. The molecule has 1 heterocycles. The van der Waals surface area contributed by atoms with Gasteiger partial charge in [0.2, 0.25) is 23.5 Å². The number of aromatic nitrogens is 2. The van der Waals surface area contributed by atoms with Gasteiger partial charge in [-0.15, -0.1) is 0 Å². The maximum Gasteiger partial charge on any atom is 0.305 e. The molecule has 0 bridgehead atoms. The summed E-state index contributed by atoms with van der Waals surface area (Å²) in [7, 11) is 2.96. The number of nitrogens with two attached hydrogens (primary N) is 1. The Morgan fingerprint density at radius 2 is 1.49 bits per heavy atom. The third kappa shape index (κ3) is 9.28. The van der Waals surface area contributed by atoms with Crippen molar-refractivity contribution in [3.63, 3.8) is 0 Å². The van der Waals surface area contributed by atoms with Crippen LogP contribution in [0.3, 0.4) is 0 Å². The van der Waals surface area contributed by atoms with Crippen LogP contribution in [0, 0.1) is 0 Å². The Kier molecular flexibility index (Phi) is 10.6. The molecule has 0 aliphatic heterocycles. The van der Waals surface area contributed by atoms with E-state index in [1.807, 2.05) is 0 Å². The molecule has 4 amide bonds. The number of carbonyl (C=O) groups excluding carboxylic acids is 5. The largest absolute Gasteiger partial charge is 0.469 e. The third-order valence-corrected chi connectivity index (χ3v) is 5.29. The van der Waals surface area contributed by atoms with Crippen LogP contribution in [-0.4, -0.2) is 58.3 Å². The first kappa shape index (κ1) is 28.8. The molecule has 200 valence electrons. The van der Waals surface area contributed by atoms with Crippen LogP contribution in [0.15, 0.2) is 30.5 Å². The predicted octanol–water partition coefficient (Wildman–Crippen LogP) is 0.936. The lowest BCUT2D eigenvalue weighted by molar-refractivity contribution is -0.140. The van der Waals surface area contributed by atoms with E-state index >= 15 is 0 Å². The molecule has 0 aliphatic carbocycles. The molecule has 2 atom stereocenters. The van der Waals surface area contributed by atoms with Crippen molar-refractivity contribution in [1.29, 1.82) is 0 Å². The molecule has 0 radical (unpaired) electrons. The van der Waals surface area contributed by atoms with Gasteiger partial charge in [-0.1, -0.05) is 0 Å². The topological polar surface area (TPSA) is 187 Å². The molecule has 1 aromatic carbocycles. The van der Waals surface area contributed by atoms with Crippen LogP contribution in [0.4, 0.5) is 17.2 Å². The highest BCUT2D eigenvalue weighted by Crippen LogP contribution is 2.15. The summed E-state index contributed by atoms with van der Waals surface area (Å²) in [6, 6.07) is 4.67. The van der Waals surface area contributed by atoms with E-state index in [9.17, 15) is 24.0 Å². The highest BCUT2D eigenvalue weighted by Gasteiger charge is 2.21. The molecule has 0 fully saturated rings. The van der Waals surface area contributed by atoms with Crippen LogP contribution >= 0.6 is 0 Å². The highest BCUT2D eigenvalue weighted by molar-refractivity contribution is 6.02. The Morgan fingerprint density at radius 1 is 0.919 bits per heavy atom. The summed E-state index contributed by atoms with van der Waals surface area (Å²) in [6.45, 7) is 3.03. The molecule has 2 aromatic rings. The first-order valence-corrected chi connectivity index (χ1v) is 11.7. The molecule has 0 spiro atoms. The van der Waals surface area contributed by atoms with Gasteiger partial charge in [0.25, 0.3) is 5.91 Å². The number of nitrogen functional groups attached to an aromatic ring is 1. The second-order valence-corrected chi connectivity index (χ2v) is 8.42. The Hall–Kier alpha value is -4.42. The van der Waals surface area contributed by atoms with Crippen molar-refractivity contribution in [3.8, 4) is 0 Å². The summed E-state index contributed by atoms with van der Waals surface area (Å²) < 4.78 is 6.05. The number of hydrogen-bond acceptors (Lipinski definition) is 8. The standard InChI is InChI=1S/C24H33N7O6/c1-14(26-19(32)7-5-6-8-20(33)37-4)22(34)27-15(2)23(35)28-16-9-11-17(12-10-16)29-24(36)21-30-18(25)13-31(21)3/h9-15H,5-8,25H2,1-4H3,(H,26,32)(H,27,34)(H,28,35)(H,29,36)/t14-,15-/m0/s1. The maximum atomic E-state index is 12.5. The van der Waals surface area contributed by atoms with Crippen molar-refractivity contribution in [2.75, 3.05) is 23.5 Å². The van der Waals surface area contributed by atoms with Crippen molar-refractivity contribution < 1.29 is 28.7 Å². The average molecular weight is 516 g/mol. The van der Waals surface area contributed by atoms with Crippen molar-refractivity contribution >= 4 is 46.8 Å². The Labute approximate surface area is 214 Å². The number of nitrogens with zero attached hydrogens (tertiary/aromatic N) is 2. The number of hydrogen-bond donors (Lipinski definition) is 5. The number of esters is 1. The molecular weight excluding hydrogens is 482 g/mol. The van der Waals surface area contributed by atoms with Crippen molar-refractivity contribution in [2.24, 2.45) is 7.05 Å². The van der Waals surface area contributed by atoms with E-state index in [1.54, 1.807) is 31.3 Å². The zero-order chi connectivity index (χ0) is 27.5. The summed E-state index contributed by atoms with van der Waals surface area (Å²) in [4.78, 5) is 64.2. The van der Waals surface area contributed by atoms with E-state index in [0.717, 1.165) is 0 Å². The zero-order valence-electron chi connectivity index (χ0n) is 21.3. The third-order valence-electron chi connectivity index (χ3n) is 5.29. The highest BCUT2D eigenvalue weighted by atomic mass is 16.5. The Balaban J connectivity index is 1.77. The lowest BCUT2D eigenvalue weighted by Crippen LogP contribution is -2.50. The number of unbranched alkanes of at least 4 members (excludes halogenated alkanes) is 1. The monoisotopic (exact) mass is 515 g/mol. The number of carbonyl (C=O) groups is 5. The molecule has 6 N–H and O–H groups in total. The molecule has 1 aromatic heterocycles. The lowest BCUT2D eigenvalue weighted by Gasteiger charge is -2.18. The molecule has 37 heavy (non-hydrogen) atoms. The van der Waals surface area contributed by atoms with E-state index < -0.39 is 29.8 Å². The number of nitrogens with one attached hydrogen (secondary N) is 4. The molecule has 13 heteroatoms. The van der Waals surface area contributed by atoms with E-state index in [2.05, 4.69) is 31.0 Å². The van der Waals surface area contributed by atoms with Crippen LogP contribution in [0.1, 0.15) is 50.1 Å². The number of anilines is 3. The van der Waals surface area contributed by atoms with Crippen LogP contribution < -0.4 is 27.0 Å². The number of amides is 4. The number of methoxy groups -OCH3 is 1. The van der Waals surface area contributed by atoms with Crippen molar-refractivity contribution in [3.05, 3.63) is 36.3 Å². The summed E-state index contributed by atoms with van der Waals surface area (Å²) in [5.74, 6) is -1.69. The van der Waals surface area contributed by atoms with Gasteiger partial charge in [0.05, 0.1) is 7.11 Å².